The average Bonchev–Trinajstić information content (AvgIpc) is 2.86. The molecule has 2 rings (SSSR count). The Balaban J connectivity index is 2.15. The first-order valence-corrected chi connectivity index (χ1v) is 5.83. The minimum Gasteiger partial charge on any atom is -0.458 e. The van der Waals surface area contributed by atoms with E-state index in [-0.39, 0.29) is 12.3 Å². The number of anilines is 1. The molecule has 0 saturated carbocycles. The Morgan fingerprint density at radius 1 is 1.47 bits per heavy atom. The van der Waals surface area contributed by atoms with Crippen molar-refractivity contribution in [1.29, 1.82) is 0 Å². The zero-order chi connectivity index (χ0) is 13.8. The number of rotatable bonds is 4. The molecule has 0 amide bonds. The zero-order valence-electron chi connectivity index (χ0n) is 10.5. The molecular formula is C13H15N3O3. The summed E-state index contributed by atoms with van der Waals surface area (Å²) in [5.74, 6) is -0.575. The molecule has 100 valence electrons. The zero-order valence-corrected chi connectivity index (χ0v) is 10.5. The van der Waals surface area contributed by atoms with E-state index in [9.17, 15) is 4.79 Å². The van der Waals surface area contributed by atoms with E-state index >= 15 is 0 Å². The lowest BCUT2D eigenvalue weighted by Crippen LogP contribution is -2.16. The fraction of sp³-hybridized carbons (Fsp3) is 0.231. The highest BCUT2D eigenvalue weighted by Crippen LogP contribution is 2.15. The second-order valence-electron chi connectivity index (χ2n) is 4.15. The van der Waals surface area contributed by atoms with Crippen LogP contribution < -0.4 is 5.73 Å². The van der Waals surface area contributed by atoms with Gasteiger partial charge in [-0.1, -0.05) is 12.1 Å². The SMILES string of the molecule is CC(O)COC(=O)c1ccn(-c2ccccc2N)n1. The molecule has 6 heteroatoms. The van der Waals surface area contributed by atoms with Crippen molar-refractivity contribution in [2.24, 2.45) is 0 Å². The number of ether oxygens (including phenoxy) is 1. The molecule has 0 fully saturated rings. The highest BCUT2D eigenvalue weighted by molar-refractivity contribution is 5.87. The van der Waals surface area contributed by atoms with E-state index in [0.717, 1.165) is 0 Å². The number of nitrogens with zero attached hydrogens (tertiary/aromatic N) is 2. The molecule has 0 bridgehead atoms. The molecule has 1 aromatic heterocycles. The van der Waals surface area contributed by atoms with E-state index in [1.165, 1.54) is 17.7 Å². The van der Waals surface area contributed by atoms with Gasteiger partial charge in [-0.3, -0.25) is 0 Å². The van der Waals surface area contributed by atoms with Crippen molar-refractivity contribution < 1.29 is 14.6 Å². The van der Waals surface area contributed by atoms with E-state index in [4.69, 9.17) is 15.6 Å². The fourth-order valence-electron chi connectivity index (χ4n) is 1.53. The number of carbonyl (C=O) groups is 1. The van der Waals surface area contributed by atoms with Crippen molar-refractivity contribution in [2.75, 3.05) is 12.3 Å². The van der Waals surface area contributed by atoms with Gasteiger partial charge in [-0.2, -0.15) is 5.10 Å². The molecule has 0 aliphatic rings. The first-order chi connectivity index (χ1) is 9.08. The van der Waals surface area contributed by atoms with Crippen molar-refractivity contribution in [3.05, 3.63) is 42.2 Å². The van der Waals surface area contributed by atoms with Crippen LogP contribution in [0.4, 0.5) is 5.69 Å². The number of aliphatic hydroxyl groups excluding tert-OH is 1. The summed E-state index contributed by atoms with van der Waals surface area (Å²) in [7, 11) is 0. The summed E-state index contributed by atoms with van der Waals surface area (Å²) in [5.41, 5.74) is 7.25. The molecule has 1 unspecified atom stereocenters. The smallest absolute Gasteiger partial charge is 0.358 e. The van der Waals surface area contributed by atoms with Crippen LogP contribution in [0.1, 0.15) is 17.4 Å². The summed E-state index contributed by atoms with van der Waals surface area (Å²) in [4.78, 5) is 11.6. The van der Waals surface area contributed by atoms with Crippen LogP contribution in [0.5, 0.6) is 0 Å². The van der Waals surface area contributed by atoms with Gasteiger partial charge in [-0.05, 0) is 25.1 Å². The summed E-state index contributed by atoms with van der Waals surface area (Å²) >= 11 is 0. The first-order valence-electron chi connectivity index (χ1n) is 5.83. The maximum atomic E-state index is 11.6. The topological polar surface area (TPSA) is 90.4 Å². The van der Waals surface area contributed by atoms with Gasteiger partial charge >= 0.3 is 5.97 Å². The number of benzene rings is 1. The minimum atomic E-state index is -0.698. The van der Waals surface area contributed by atoms with Crippen LogP contribution in [0.2, 0.25) is 0 Å². The molecule has 1 atom stereocenters. The van der Waals surface area contributed by atoms with Crippen LogP contribution in [-0.2, 0) is 4.74 Å². The number of nitrogens with two attached hydrogens (primary N) is 1. The third-order valence-electron chi connectivity index (χ3n) is 2.44. The maximum Gasteiger partial charge on any atom is 0.358 e. The second kappa shape index (κ2) is 5.53. The lowest BCUT2D eigenvalue weighted by molar-refractivity contribution is 0.0290. The molecule has 0 radical (unpaired) electrons. The van der Waals surface area contributed by atoms with Crippen molar-refractivity contribution >= 4 is 11.7 Å². The number of aliphatic hydroxyl groups is 1. The Kier molecular flexibility index (Phi) is 3.82. The predicted octanol–water partition coefficient (Wildman–Crippen LogP) is 0.992. The maximum absolute atomic E-state index is 11.6. The Morgan fingerprint density at radius 2 is 2.21 bits per heavy atom. The monoisotopic (exact) mass is 261 g/mol. The molecular weight excluding hydrogens is 246 g/mol. The largest absolute Gasteiger partial charge is 0.458 e. The predicted molar refractivity (Wildman–Crippen MR) is 69.9 cm³/mol. The third-order valence-corrected chi connectivity index (χ3v) is 2.44. The molecule has 1 aromatic carbocycles. The van der Waals surface area contributed by atoms with Gasteiger partial charge < -0.3 is 15.6 Å². The first kappa shape index (κ1) is 13.1. The molecule has 1 heterocycles. The Morgan fingerprint density at radius 3 is 2.89 bits per heavy atom. The number of hydrogen-bond donors (Lipinski definition) is 2. The van der Waals surface area contributed by atoms with Crippen LogP contribution in [-0.4, -0.2) is 33.6 Å². The summed E-state index contributed by atoms with van der Waals surface area (Å²) in [6.45, 7) is 1.48. The van der Waals surface area contributed by atoms with Crippen molar-refractivity contribution in [1.82, 2.24) is 9.78 Å². The quantitative estimate of drug-likeness (QED) is 0.632. The van der Waals surface area contributed by atoms with Crippen LogP contribution in [0.25, 0.3) is 5.69 Å². The van der Waals surface area contributed by atoms with Gasteiger partial charge in [0.1, 0.15) is 6.61 Å². The van der Waals surface area contributed by atoms with E-state index in [0.29, 0.717) is 11.4 Å². The number of esters is 1. The third kappa shape index (κ3) is 3.11. The van der Waals surface area contributed by atoms with Gasteiger partial charge in [-0.15, -0.1) is 0 Å². The molecule has 0 saturated heterocycles. The van der Waals surface area contributed by atoms with Crippen molar-refractivity contribution in [3.8, 4) is 5.69 Å². The van der Waals surface area contributed by atoms with Gasteiger partial charge in [0.2, 0.25) is 0 Å². The van der Waals surface area contributed by atoms with Crippen LogP contribution in [0.3, 0.4) is 0 Å². The van der Waals surface area contributed by atoms with Gasteiger partial charge in [0.05, 0.1) is 17.5 Å². The Hall–Kier alpha value is -2.34. The van der Waals surface area contributed by atoms with Gasteiger partial charge in [0.15, 0.2) is 5.69 Å². The summed E-state index contributed by atoms with van der Waals surface area (Å²) in [6, 6.07) is 8.74. The van der Waals surface area contributed by atoms with Crippen LogP contribution in [0.15, 0.2) is 36.5 Å². The molecule has 3 N–H and O–H groups in total. The fourth-order valence-corrected chi connectivity index (χ4v) is 1.53. The molecule has 19 heavy (non-hydrogen) atoms. The summed E-state index contributed by atoms with van der Waals surface area (Å²) in [5, 5.41) is 13.1. The number of carbonyl (C=O) groups excluding carboxylic acids is 1. The minimum absolute atomic E-state index is 0.0564. The van der Waals surface area contributed by atoms with Gasteiger partial charge in [-0.25, -0.2) is 9.48 Å². The van der Waals surface area contributed by atoms with E-state index in [1.807, 2.05) is 12.1 Å². The molecule has 2 aromatic rings. The average molecular weight is 261 g/mol. The normalized spacial score (nSPS) is 12.1. The standard InChI is InChI=1S/C13H15N3O3/c1-9(17)8-19-13(18)11-6-7-16(15-11)12-5-3-2-4-10(12)14/h2-7,9,17H,8,14H2,1H3. The summed E-state index contributed by atoms with van der Waals surface area (Å²) in [6.07, 6.45) is 0.931. The van der Waals surface area contributed by atoms with Gasteiger partial charge in [0, 0.05) is 6.20 Å². The Labute approximate surface area is 110 Å². The van der Waals surface area contributed by atoms with E-state index in [1.54, 1.807) is 18.3 Å². The van der Waals surface area contributed by atoms with E-state index < -0.39 is 12.1 Å². The lowest BCUT2D eigenvalue weighted by atomic mass is 10.3. The van der Waals surface area contributed by atoms with Crippen LogP contribution >= 0.6 is 0 Å². The van der Waals surface area contributed by atoms with Crippen molar-refractivity contribution in [3.63, 3.8) is 0 Å². The second-order valence-corrected chi connectivity index (χ2v) is 4.15. The van der Waals surface area contributed by atoms with Crippen molar-refractivity contribution in [2.45, 2.75) is 13.0 Å². The molecule has 0 aliphatic heterocycles. The summed E-state index contributed by atoms with van der Waals surface area (Å²) < 4.78 is 6.38. The molecule has 0 aliphatic carbocycles. The lowest BCUT2D eigenvalue weighted by Gasteiger charge is -2.05. The Bertz CT molecular complexity index is 578. The number of nitrogen functional groups attached to an aromatic ring is 1. The molecule has 6 nitrogen and oxygen atoms in total. The van der Waals surface area contributed by atoms with Gasteiger partial charge in [0.25, 0.3) is 0 Å². The number of aromatic nitrogens is 2. The highest BCUT2D eigenvalue weighted by atomic mass is 16.5. The number of hydrogen-bond acceptors (Lipinski definition) is 5. The van der Waals surface area contributed by atoms with Crippen LogP contribution in [0, 0.1) is 0 Å². The molecule has 0 spiro atoms. The highest BCUT2D eigenvalue weighted by Gasteiger charge is 2.13. The van der Waals surface area contributed by atoms with E-state index in [2.05, 4.69) is 5.10 Å². The number of para-hydroxylation sites is 2.